The first-order valence-electron chi connectivity index (χ1n) is 11.7. The van der Waals surface area contributed by atoms with Crippen LogP contribution in [0.4, 0.5) is 4.79 Å². The highest BCUT2D eigenvalue weighted by atomic mass is 16.2. The minimum Gasteiger partial charge on any atom is -0.335 e. The third-order valence-corrected chi connectivity index (χ3v) is 7.25. The van der Waals surface area contributed by atoms with Crippen LogP contribution in [0.5, 0.6) is 0 Å². The summed E-state index contributed by atoms with van der Waals surface area (Å²) in [4.78, 5) is 24.4. The van der Waals surface area contributed by atoms with Crippen molar-refractivity contribution in [1.29, 1.82) is 0 Å². The van der Waals surface area contributed by atoms with E-state index in [0.29, 0.717) is 18.0 Å². The minimum atomic E-state index is 0.139. The van der Waals surface area contributed by atoms with Crippen molar-refractivity contribution in [3.8, 4) is 0 Å². The molecule has 3 fully saturated rings. The summed E-state index contributed by atoms with van der Waals surface area (Å²) >= 11 is 0. The van der Waals surface area contributed by atoms with Gasteiger partial charge in [-0.3, -0.25) is 0 Å². The second kappa shape index (κ2) is 8.33. The molecule has 0 unspecified atom stereocenters. The molecule has 3 heterocycles. The van der Waals surface area contributed by atoms with E-state index in [2.05, 4.69) is 20.9 Å². The molecule has 2 amide bonds. The van der Waals surface area contributed by atoms with Crippen LogP contribution in [0, 0.1) is 0 Å². The van der Waals surface area contributed by atoms with Crippen LogP contribution in [0.15, 0.2) is 18.3 Å². The van der Waals surface area contributed by atoms with Gasteiger partial charge >= 0.3 is 6.03 Å². The van der Waals surface area contributed by atoms with Gasteiger partial charge in [-0.15, -0.1) is 0 Å². The molecule has 3 aliphatic rings. The SMILES string of the molecule is O=C(NC1CCCCC1)N1CCC(n2c(C3CCCC3)nc3cccnc32)CC1. The van der Waals surface area contributed by atoms with Gasteiger partial charge in [-0.25, -0.2) is 14.8 Å². The first-order chi connectivity index (χ1) is 14.3. The predicted molar refractivity (Wildman–Crippen MR) is 114 cm³/mol. The Labute approximate surface area is 173 Å². The number of hydrogen-bond donors (Lipinski definition) is 1. The van der Waals surface area contributed by atoms with E-state index in [1.807, 2.05) is 17.2 Å². The van der Waals surface area contributed by atoms with E-state index in [0.717, 1.165) is 49.9 Å². The Morgan fingerprint density at radius 3 is 2.45 bits per heavy atom. The third-order valence-electron chi connectivity index (χ3n) is 7.25. The molecule has 5 rings (SSSR count). The normalized spacial score (nSPS) is 22.4. The van der Waals surface area contributed by atoms with Crippen molar-refractivity contribution < 1.29 is 4.79 Å². The Hall–Kier alpha value is -2.11. The van der Waals surface area contributed by atoms with Gasteiger partial charge in [-0.2, -0.15) is 0 Å². The third kappa shape index (κ3) is 3.86. The topological polar surface area (TPSA) is 63.1 Å². The first kappa shape index (κ1) is 18.9. The zero-order valence-electron chi connectivity index (χ0n) is 17.4. The fraction of sp³-hybridized carbons (Fsp3) is 0.696. The van der Waals surface area contributed by atoms with Crippen LogP contribution in [0.2, 0.25) is 0 Å². The van der Waals surface area contributed by atoms with E-state index in [1.165, 1.54) is 50.8 Å². The number of nitrogens with zero attached hydrogens (tertiary/aromatic N) is 4. The molecule has 0 radical (unpaired) electrons. The Morgan fingerprint density at radius 1 is 0.966 bits per heavy atom. The van der Waals surface area contributed by atoms with Gasteiger partial charge in [0.15, 0.2) is 5.65 Å². The highest BCUT2D eigenvalue weighted by molar-refractivity contribution is 5.75. The summed E-state index contributed by atoms with van der Waals surface area (Å²) in [6, 6.07) is 4.98. The number of hydrogen-bond acceptors (Lipinski definition) is 3. The quantitative estimate of drug-likeness (QED) is 0.814. The number of nitrogens with one attached hydrogen (secondary N) is 1. The van der Waals surface area contributed by atoms with Crippen LogP contribution in [0.3, 0.4) is 0 Å². The zero-order chi connectivity index (χ0) is 19.6. The Kier molecular flexibility index (Phi) is 5.42. The number of pyridine rings is 1. The molecule has 2 aliphatic carbocycles. The second-order valence-electron chi connectivity index (χ2n) is 9.17. The van der Waals surface area contributed by atoms with Crippen molar-refractivity contribution in [3.63, 3.8) is 0 Å². The van der Waals surface area contributed by atoms with Crippen molar-refractivity contribution >= 4 is 17.2 Å². The molecule has 156 valence electrons. The standard InChI is InChI=1S/C23H33N5O/c29-23(25-18-9-2-1-3-10-18)27-15-12-19(13-16-27)28-21(17-7-4-5-8-17)26-20-11-6-14-24-22(20)28/h6,11,14,17-19H,1-5,7-10,12-13,15-16H2,(H,25,29). The number of amides is 2. The Morgan fingerprint density at radius 2 is 1.69 bits per heavy atom. The smallest absolute Gasteiger partial charge is 0.317 e. The molecular weight excluding hydrogens is 362 g/mol. The van der Waals surface area contributed by atoms with E-state index in [1.54, 1.807) is 0 Å². The molecule has 1 N–H and O–H groups in total. The average Bonchev–Trinajstić information content (AvgIpc) is 3.42. The number of piperidine rings is 1. The van der Waals surface area contributed by atoms with Crippen LogP contribution < -0.4 is 5.32 Å². The molecule has 29 heavy (non-hydrogen) atoms. The molecule has 0 atom stereocenters. The largest absolute Gasteiger partial charge is 0.335 e. The van der Waals surface area contributed by atoms with Crippen molar-refractivity contribution in [3.05, 3.63) is 24.2 Å². The van der Waals surface area contributed by atoms with Crippen LogP contribution in [0.25, 0.3) is 11.2 Å². The van der Waals surface area contributed by atoms with E-state index in [4.69, 9.17) is 4.98 Å². The molecule has 0 spiro atoms. The van der Waals surface area contributed by atoms with Gasteiger partial charge in [0.1, 0.15) is 11.3 Å². The highest BCUT2D eigenvalue weighted by Gasteiger charge is 2.31. The van der Waals surface area contributed by atoms with Crippen molar-refractivity contribution in [2.24, 2.45) is 0 Å². The molecule has 0 aromatic carbocycles. The molecule has 6 heteroatoms. The van der Waals surface area contributed by atoms with Gasteiger partial charge in [0.2, 0.25) is 0 Å². The van der Waals surface area contributed by atoms with Gasteiger partial charge in [0.05, 0.1) is 0 Å². The zero-order valence-corrected chi connectivity index (χ0v) is 17.4. The maximum absolute atomic E-state index is 12.7. The molecule has 1 aliphatic heterocycles. The van der Waals surface area contributed by atoms with Crippen molar-refractivity contribution in [2.75, 3.05) is 13.1 Å². The number of rotatable bonds is 3. The molecule has 2 aromatic rings. The second-order valence-corrected chi connectivity index (χ2v) is 9.17. The number of urea groups is 1. The predicted octanol–water partition coefficient (Wildman–Crippen LogP) is 4.77. The van der Waals surface area contributed by atoms with E-state index < -0.39 is 0 Å². The number of carbonyl (C=O) groups excluding carboxylic acids is 1. The monoisotopic (exact) mass is 395 g/mol. The molecule has 2 aromatic heterocycles. The molecular formula is C23H33N5O. The number of likely N-dealkylation sites (tertiary alicyclic amines) is 1. The van der Waals surface area contributed by atoms with Gasteiger partial charge in [0, 0.05) is 37.3 Å². The highest BCUT2D eigenvalue weighted by Crippen LogP contribution is 2.38. The molecule has 6 nitrogen and oxygen atoms in total. The van der Waals surface area contributed by atoms with Crippen LogP contribution in [-0.4, -0.2) is 44.6 Å². The lowest BCUT2D eigenvalue weighted by Crippen LogP contribution is -2.48. The number of aromatic nitrogens is 3. The van der Waals surface area contributed by atoms with Gasteiger partial charge in [0.25, 0.3) is 0 Å². The lowest BCUT2D eigenvalue weighted by molar-refractivity contribution is 0.165. The molecule has 1 saturated heterocycles. The lowest BCUT2D eigenvalue weighted by Gasteiger charge is -2.35. The van der Waals surface area contributed by atoms with E-state index in [9.17, 15) is 4.79 Å². The summed E-state index contributed by atoms with van der Waals surface area (Å²) in [7, 11) is 0. The summed E-state index contributed by atoms with van der Waals surface area (Å²) in [5.41, 5.74) is 2.05. The minimum absolute atomic E-state index is 0.139. The van der Waals surface area contributed by atoms with Gasteiger partial charge < -0.3 is 14.8 Å². The first-order valence-corrected chi connectivity index (χ1v) is 11.7. The summed E-state index contributed by atoms with van der Waals surface area (Å²) in [5.74, 6) is 1.80. The maximum Gasteiger partial charge on any atom is 0.317 e. The van der Waals surface area contributed by atoms with Gasteiger partial charge in [-0.1, -0.05) is 32.1 Å². The van der Waals surface area contributed by atoms with Gasteiger partial charge in [-0.05, 0) is 50.7 Å². The summed E-state index contributed by atoms with van der Waals surface area (Å²) in [5, 5.41) is 3.28. The summed E-state index contributed by atoms with van der Waals surface area (Å²) < 4.78 is 2.43. The van der Waals surface area contributed by atoms with Crippen LogP contribution in [-0.2, 0) is 0 Å². The summed E-state index contributed by atoms with van der Waals surface area (Å²) in [6.45, 7) is 1.64. The van der Waals surface area contributed by atoms with E-state index >= 15 is 0 Å². The van der Waals surface area contributed by atoms with Crippen molar-refractivity contribution in [1.82, 2.24) is 24.8 Å². The maximum atomic E-state index is 12.7. The van der Waals surface area contributed by atoms with E-state index in [-0.39, 0.29) is 6.03 Å². The van der Waals surface area contributed by atoms with Crippen LogP contribution in [0.1, 0.15) is 88.4 Å². The average molecular weight is 396 g/mol. The fourth-order valence-electron chi connectivity index (χ4n) is 5.62. The fourth-order valence-corrected chi connectivity index (χ4v) is 5.62. The number of imidazole rings is 1. The van der Waals surface area contributed by atoms with Crippen LogP contribution >= 0.6 is 0 Å². The number of carbonyl (C=O) groups is 1. The Balaban J connectivity index is 1.29. The number of fused-ring (bicyclic) bond motifs is 1. The van der Waals surface area contributed by atoms with Crippen molar-refractivity contribution in [2.45, 2.75) is 88.6 Å². The molecule has 0 bridgehead atoms. The molecule has 2 saturated carbocycles. The lowest BCUT2D eigenvalue weighted by atomic mass is 9.95. The summed E-state index contributed by atoms with van der Waals surface area (Å²) in [6.07, 6.45) is 15.0. The Bertz CT molecular complexity index is 842.